The van der Waals surface area contributed by atoms with Crippen LogP contribution < -0.4 is 5.32 Å². The van der Waals surface area contributed by atoms with E-state index in [1.165, 1.54) is 0 Å². The Morgan fingerprint density at radius 2 is 2.20 bits per heavy atom. The molecule has 2 rings (SSSR count). The Morgan fingerprint density at radius 1 is 1.35 bits per heavy atom. The number of anilines is 1. The van der Waals surface area contributed by atoms with Crippen molar-refractivity contribution in [2.24, 2.45) is 0 Å². The average molecular weight is 278 g/mol. The van der Waals surface area contributed by atoms with Gasteiger partial charge in [0.15, 0.2) is 5.82 Å². The summed E-state index contributed by atoms with van der Waals surface area (Å²) in [5.41, 5.74) is 1.07. The van der Waals surface area contributed by atoms with Gasteiger partial charge in [-0.2, -0.15) is 0 Å². The van der Waals surface area contributed by atoms with Gasteiger partial charge in [0.2, 0.25) is 0 Å². The minimum Gasteiger partial charge on any atom is -0.370 e. The molecular formula is C15H26N4O. The van der Waals surface area contributed by atoms with Crippen molar-refractivity contribution in [3.8, 4) is 0 Å². The molecular weight excluding hydrogens is 252 g/mol. The highest BCUT2D eigenvalue weighted by Gasteiger charge is 2.24. The van der Waals surface area contributed by atoms with Crippen LogP contribution in [0, 0.1) is 0 Å². The predicted molar refractivity (Wildman–Crippen MR) is 81.0 cm³/mol. The second-order valence-electron chi connectivity index (χ2n) is 5.14. The van der Waals surface area contributed by atoms with Gasteiger partial charge in [0, 0.05) is 31.4 Å². The molecule has 1 fully saturated rings. The summed E-state index contributed by atoms with van der Waals surface area (Å²) in [4.78, 5) is 11.7. The molecule has 0 saturated carbocycles. The molecule has 20 heavy (non-hydrogen) atoms. The van der Waals surface area contributed by atoms with Crippen molar-refractivity contribution < 1.29 is 4.74 Å². The van der Waals surface area contributed by atoms with Gasteiger partial charge in [0.1, 0.15) is 11.9 Å². The van der Waals surface area contributed by atoms with Crippen LogP contribution in [0.1, 0.15) is 44.8 Å². The van der Waals surface area contributed by atoms with E-state index in [9.17, 15) is 0 Å². The van der Waals surface area contributed by atoms with Crippen LogP contribution in [0.2, 0.25) is 0 Å². The quantitative estimate of drug-likeness (QED) is 0.865. The van der Waals surface area contributed by atoms with E-state index in [0.717, 1.165) is 63.0 Å². The Kier molecular flexibility index (Phi) is 5.73. The molecule has 1 N–H and O–H groups in total. The molecule has 1 atom stereocenters. The standard InChI is InChI=1S/C15H26N4O/c1-4-7-16-14-10-12(5-2)17-15(18-14)13-11-19(6-3)8-9-20-13/h10,13H,4-9,11H2,1-3H3,(H,16,17,18). The van der Waals surface area contributed by atoms with Crippen molar-refractivity contribution in [2.75, 3.05) is 38.1 Å². The number of hydrogen-bond acceptors (Lipinski definition) is 5. The zero-order chi connectivity index (χ0) is 14.4. The van der Waals surface area contributed by atoms with Crippen LogP contribution in [-0.4, -0.2) is 47.7 Å². The molecule has 0 amide bonds. The summed E-state index contributed by atoms with van der Waals surface area (Å²) in [5, 5.41) is 3.35. The summed E-state index contributed by atoms with van der Waals surface area (Å²) >= 11 is 0. The largest absolute Gasteiger partial charge is 0.370 e. The van der Waals surface area contributed by atoms with Crippen LogP contribution in [0.25, 0.3) is 0 Å². The van der Waals surface area contributed by atoms with Crippen LogP contribution >= 0.6 is 0 Å². The fourth-order valence-electron chi connectivity index (χ4n) is 2.33. The minimum absolute atomic E-state index is 0.00243. The summed E-state index contributed by atoms with van der Waals surface area (Å²) in [6.07, 6.45) is 2.00. The van der Waals surface area contributed by atoms with E-state index in [-0.39, 0.29) is 6.10 Å². The van der Waals surface area contributed by atoms with Gasteiger partial charge in [0.25, 0.3) is 0 Å². The van der Waals surface area contributed by atoms with Crippen LogP contribution in [0.4, 0.5) is 5.82 Å². The Hall–Kier alpha value is -1.20. The monoisotopic (exact) mass is 278 g/mol. The lowest BCUT2D eigenvalue weighted by molar-refractivity contribution is -0.0326. The highest BCUT2D eigenvalue weighted by molar-refractivity contribution is 5.36. The molecule has 1 aliphatic rings. The van der Waals surface area contributed by atoms with Gasteiger partial charge in [-0.15, -0.1) is 0 Å². The fraction of sp³-hybridized carbons (Fsp3) is 0.733. The zero-order valence-corrected chi connectivity index (χ0v) is 12.9. The SMILES string of the molecule is CCCNc1cc(CC)nc(C2CN(CC)CCO2)n1. The third-order valence-electron chi connectivity index (χ3n) is 3.60. The summed E-state index contributed by atoms with van der Waals surface area (Å²) in [7, 11) is 0. The number of nitrogens with one attached hydrogen (secondary N) is 1. The Labute approximate surface area is 121 Å². The number of aryl methyl sites for hydroxylation is 1. The number of nitrogens with zero attached hydrogens (tertiary/aromatic N) is 3. The molecule has 0 spiro atoms. The van der Waals surface area contributed by atoms with E-state index in [4.69, 9.17) is 4.74 Å². The predicted octanol–water partition coefficient (Wildman–Crippen LogP) is 2.25. The van der Waals surface area contributed by atoms with E-state index in [2.05, 4.69) is 41.0 Å². The van der Waals surface area contributed by atoms with Crippen LogP contribution in [-0.2, 0) is 11.2 Å². The smallest absolute Gasteiger partial charge is 0.161 e. The van der Waals surface area contributed by atoms with E-state index >= 15 is 0 Å². The fourth-order valence-corrected chi connectivity index (χ4v) is 2.33. The number of morpholine rings is 1. The van der Waals surface area contributed by atoms with Crippen molar-refractivity contribution in [3.63, 3.8) is 0 Å². The Balaban J connectivity index is 2.16. The van der Waals surface area contributed by atoms with E-state index in [1.807, 2.05) is 6.07 Å². The molecule has 1 aromatic rings. The third kappa shape index (κ3) is 3.90. The number of hydrogen-bond donors (Lipinski definition) is 1. The van der Waals surface area contributed by atoms with Gasteiger partial charge < -0.3 is 10.1 Å². The van der Waals surface area contributed by atoms with Crippen molar-refractivity contribution in [2.45, 2.75) is 39.7 Å². The first kappa shape index (κ1) is 15.2. The van der Waals surface area contributed by atoms with Crippen molar-refractivity contribution in [1.29, 1.82) is 0 Å². The van der Waals surface area contributed by atoms with Crippen molar-refractivity contribution in [3.05, 3.63) is 17.6 Å². The molecule has 0 bridgehead atoms. The Bertz CT molecular complexity index is 424. The Morgan fingerprint density at radius 3 is 2.90 bits per heavy atom. The molecule has 0 radical (unpaired) electrons. The van der Waals surface area contributed by atoms with Crippen LogP contribution in [0.5, 0.6) is 0 Å². The molecule has 1 unspecified atom stereocenters. The maximum Gasteiger partial charge on any atom is 0.161 e. The lowest BCUT2D eigenvalue weighted by atomic mass is 10.2. The first-order valence-electron chi connectivity index (χ1n) is 7.72. The topological polar surface area (TPSA) is 50.3 Å². The maximum absolute atomic E-state index is 5.86. The van der Waals surface area contributed by atoms with E-state index in [0.29, 0.717) is 0 Å². The average Bonchev–Trinajstić information content (AvgIpc) is 2.52. The van der Waals surface area contributed by atoms with Crippen molar-refractivity contribution >= 4 is 5.82 Å². The lowest BCUT2D eigenvalue weighted by Crippen LogP contribution is -2.38. The minimum atomic E-state index is -0.00243. The van der Waals surface area contributed by atoms with Gasteiger partial charge in [-0.3, -0.25) is 4.90 Å². The molecule has 1 saturated heterocycles. The van der Waals surface area contributed by atoms with Gasteiger partial charge in [0.05, 0.1) is 6.61 Å². The molecule has 112 valence electrons. The summed E-state index contributed by atoms with van der Waals surface area (Å²) in [6, 6.07) is 2.04. The van der Waals surface area contributed by atoms with E-state index < -0.39 is 0 Å². The first-order chi connectivity index (χ1) is 9.76. The van der Waals surface area contributed by atoms with Crippen LogP contribution in [0.3, 0.4) is 0 Å². The first-order valence-corrected chi connectivity index (χ1v) is 7.72. The highest BCUT2D eigenvalue weighted by atomic mass is 16.5. The molecule has 1 aromatic heterocycles. The van der Waals surface area contributed by atoms with Gasteiger partial charge >= 0.3 is 0 Å². The zero-order valence-electron chi connectivity index (χ0n) is 12.9. The second-order valence-corrected chi connectivity index (χ2v) is 5.14. The number of likely N-dealkylation sites (N-methyl/N-ethyl adjacent to an activating group) is 1. The van der Waals surface area contributed by atoms with Crippen LogP contribution in [0.15, 0.2) is 6.07 Å². The number of aromatic nitrogens is 2. The molecule has 5 nitrogen and oxygen atoms in total. The summed E-state index contributed by atoms with van der Waals surface area (Å²) in [6.45, 7) is 11.1. The lowest BCUT2D eigenvalue weighted by Gasteiger charge is -2.31. The second kappa shape index (κ2) is 7.55. The number of ether oxygens (including phenoxy) is 1. The maximum atomic E-state index is 5.86. The molecule has 2 heterocycles. The number of rotatable bonds is 6. The summed E-state index contributed by atoms with van der Waals surface area (Å²) < 4.78 is 5.86. The summed E-state index contributed by atoms with van der Waals surface area (Å²) in [5.74, 6) is 1.74. The van der Waals surface area contributed by atoms with Gasteiger partial charge in [-0.05, 0) is 19.4 Å². The van der Waals surface area contributed by atoms with Crippen molar-refractivity contribution in [1.82, 2.24) is 14.9 Å². The van der Waals surface area contributed by atoms with Gasteiger partial charge in [-0.1, -0.05) is 20.8 Å². The molecule has 5 heteroatoms. The van der Waals surface area contributed by atoms with Gasteiger partial charge in [-0.25, -0.2) is 9.97 Å². The normalized spacial score (nSPS) is 20.1. The highest BCUT2D eigenvalue weighted by Crippen LogP contribution is 2.21. The third-order valence-corrected chi connectivity index (χ3v) is 3.60. The molecule has 1 aliphatic heterocycles. The molecule has 0 aromatic carbocycles. The molecule has 0 aliphatic carbocycles. The van der Waals surface area contributed by atoms with E-state index in [1.54, 1.807) is 0 Å².